The van der Waals surface area contributed by atoms with Gasteiger partial charge in [0.05, 0.1) is 16.8 Å². The molecule has 15 heavy (non-hydrogen) atoms. The van der Waals surface area contributed by atoms with Gasteiger partial charge in [-0.15, -0.1) is 0 Å². The Morgan fingerprint density at radius 2 is 2.07 bits per heavy atom. The van der Waals surface area contributed by atoms with Gasteiger partial charge in [0.15, 0.2) is 0 Å². The second-order valence-corrected chi connectivity index (χ2v) is 4.99. The zero-order valence-electron chi connectivity index (χ0n) is 8.37. The number of hydrogen-bond acceptors (Lipinski definition) is 3. The quantitative estimate of drug-likeness (QED) is 0.518. The van der Waals surface area contributed by atoms with Crippen molar-refractivity contribution in [1.82, 2.24) is 0 Å². The fourth-order valence-electron chi connectivity index (χ4n) is 1.10. The smallest absolute Gasteiger partial charge is 0.142 e. The number of halogens is 2. The molecule has 1 aromatic carbocycles. The van der Waals surface area contributed by atoms with Gasteiger partial charge in [-0.05, 0) is 41.9 Å². The van der Waals surface area contributed by atoms with Gasteiger partial charge in [0.1, 0.15) is 5.75 Å². The van der Waals surface area contributed by atoms with E-state index in [9.17, 15) is 0 Å². The van der Waals surface area contributed by atoms with Crippen LogP contribution in [-0.4, -0.2) is 17.5 Å². The summed E-state index contributed by atoms with van der Waals surface area (Å²) in [5.41, 5.74) is 0.715. The van der Waals surface area contributed by atoms with E-state index in [1.807, 2.05) is 26.0 Å². The molecule has 0 heterocycles. The summed E-state index contributed by atoms with van der Waals surface area (Å²) < 4.78 is 7.32. The molecule has 1 rings (SSSR count). The Morgan fingerprint density at radius 1 is 1.40 bits per heavy atom. The molecule has 0 atom stereocenters. The van der Waals surface area contributed by atoms with Crippen molar-refractivity contribution in [3.8, 4) is 5.75 Å². The third kappa shape index (κ3) is 3.50. The van der Waals surface area contributed by atoms with Crippen LogP contribution in [0.25, 0.3) is 0 Å². The van der Waals surface area contributed by atoms with Crippen molar-refractivity contribution in [3.63, 3.8) is 0 Å². The molecule has 0 bridgehead atoms. The number of nitrogens with zero attached hydrogens (tertiary/aromatic N) is 1. The van der Waals surface area contributed by atoms with Crippen LogP contribution in [-0.2, 0) is 0 Å². The van der Waals surface area contributed by atoms with Crippen LogP contribution < -0.4 is 4.74 Å². The molecule has 0 saturated carbocycles. The highest BCUT2D eigenvalue weighted by Crippen LogP contribution is 2.32. The van der Waals surface area contributed by atoms with Crippen molar-refractivity contribution in [2.45, 2.75) is 20.0 Å². The van der Waals surface area contributed by atoms with Crippen molar-refractivity contribution in [3.05, 3.63) is 26.6 Å². The standard InChI is InChI=1S/C10H11Br2NO2/c1-6(2)15-10-7(5-13-14)3-8(11)4-9(10)12/h3-6,14H,1-2H3. The molecule has 0 fully saturated rings. The summed E-state index contributed by atoms with van der Waals surface area (Å²) in [5, 5.41) is 11.6. The average molecular weight is 337 g/mol. The van der Waals surface area contributed by atoms with E-state index in [0.717, 1.165) is 8.95 Å². The Labute approximate surface area is 105 Å². The lowest BCUT2D eigenvalue weighted by molar-refractivity contribution is 0.240. The third-order valence-corrected chi connectivity index (χ3v) is 2.63. The Bertz CT molecular complexity index is 378. The van der Waals surface area contributed by atoms with E-state index in [4.69, 9.17) is 9.94 Å². The fraction of sp³-hybridized carbons (Fsp3) is 0.300. The van der Waals surface area contributed by atoms with E-state index in [-0.39, 0.29) is 6.10 Å². The molecule has 0 amide bonds. The first-order valence-corrected chi connectivity index (χ1v) is 5.96. The van der Waals surface area contributed by atoms with Gasteiger partial charge in [-0.2, -0.15) is 0 Å². The van der Waals surface area contributed by atoms with Gasteiger partial charge in [-0.3, -0.25) is 0 Å². The molecule has 3 nitrogen and oxygen atoms in total. The minimum atomic E-state index is 0.0633. The van der Waals surface area contributed by atoms with Crippen molar-refractivity contribution < 1.29 is 9.94 Å². The Hall–Kier alpha value is -0.550. The number of oxime groups is 1. The fourth-order valence-corrected chi connectivity index (χ4v) is 2.45. The van der Waals surface area contributed by atoms with Crippen LogP contribution in [0, 0.1) is 0 Å². The van der Waals surface area contributed by atoms with Crippen LogP contribution in [0.4, 0.5) is 0 Å². The van der Waals surface area contributed by atoms with Crippen LogP contribution in [0.3, 0.4) is 0 Å². The molecule has 5 heteroatoms. The average Bonchev–Trinajstić information content (AvgIpc) is 2.11. The number of benzene rings is 1. The second-order valence-electron chi connectivity index (χ2n) is 3.22. The van der Waals surface area contributed by atoms with Crippen LogP contribution in [0.15, 0.2) is 26.2 Å². The molecule has 82 valence electrons. The van der Waals surface area contributed by atoms with Gasteiger partial charge in [0.2, 0.25) is 0 Å². The van der Waals surface area contributed by atoms with E-state index in [2.05, 4.69) is 37.0 Å². The monoisotopic (exact) mass is 335 g/mol. The van der Waals surface area contributed by atoms with E-state index < -0.39 is 0 Å². The normalized spacial score (nSPS) is 11.3. The highest BCUT2D eigenvalue weighted by Gasteiger charge is 2.10. The molecule has 0 aliphatic carbocycles. The molecule has 1 N–H and O–H groups in total. The third-order valence-electron chi connectivity index (χ3n) is 1.59. The first-order chi connectivity index (χ1) is 7.04. The molecular formula is C10H11Br2NO2. The summed E-state index contributed by atoms with van der Waals surface area (Å²) in [7, 11) is 0. The molecule has 0 spiro atoms. The maximum atomic E-state index is 8.54. The summed E-state index contributed by atoms with van der Waals surface area (Å²) in [6, 6.07) is 3.70. The predicted molar refractivity (Wildman–Crippen MR) is 67.0 cm³/mol. The molecule has 1 aromatic rings. The largest absolute Gasteiger partial charge is 0.489 e. The van der Waals surface area contributed by atoms with Crippen molar-refractivity contribution in [2.75, 3.05) is 0 Å². The first kappa shape index (κ1) is 12.5. The Balaban J connectivity index is 3.20. The summed E-state index contributed by atoms with van der Waals surface area (Å²) in [6.45, 7) is 3.88. The van der Waals surface area contributed by atoms with Crippen molar-refractivity contribution in [1.29, 1.82) is 0 Å². The molecule has 0 aromatic heterocycles. The van der Waals surface area contributed by atoms with Gasteiger partial charge < -0.3 is 9.94 Å². The zero-order chi connectivity index (χ0) is 11.4. The first-order valence-electron chi connectivity index (χ1n) is 4.37. The predicted octanol–water partition coefficient (Wildman–Crippen LogP) is 3.81. The highest BCUT2D eigenvalue weighted by molar-refractivity contribution is 9.11. The van der Waals surface area contributed by atoms with Crippen molar-refractivity contribution >= 4 is 38.1 Å². The lowest BCUT2D eigenvalue weighted by Crippen LogP contribution is -2.08. The number of rotatable bonds is 3. The zero-order valence-corrected chi connectivity index (χ0v) is 11.5. The van der Waals surface area contributed by atoms with Crippen LogP contribution in [0.2, 0.25) is 0 Å². The van der Waals surface area contributed by atoms with Crippen molar-refractivity contribution in [2.24, 2.45) is 5.16 Å². The van der Waals surface area contributed by atoms with Gasteiger partial charge >= 0.3 is 0 Å². The summed E-state index contributed by atoms with van der Waals surface area (Å²) in [6.07, 6.45) is 1.40. The molecule has 0 saturated heterocycles. The maximum absolute atomic E-state index is 8.54. The topological polar surface area (TPSA) is 41.8 Å². The van der Waals surface area contributed by atoms with Crippen LogP contribution >= 0.6 is 31.9 Å². The van der Waals surface area contributed by atoms with Crippen LogP contribution in [0.5, 0.6) is 5.75 Å². The molecule has 0 radical (unpaired) electrons. The summed E-state index contributed by atoms with van der Waals surface area (Å²) in [5.74, 6) is 0.672. The minimum absolute atomic E-state index is 0.0633. The lowest BCUT2D eigenvalue weighted by atomic mass is 10.2. The summed E-state index contributed by atoms with van der Waals surface area (Å²) >= 11 is 6.75. The van der Waals surface area contributed by atoms with E-state index in [0.29, 0.717) is 11.3 Å². The van der Waals surface area contributed by atoms with Gasteiger partial charge in [0, 0.05) is 10.0 Å². The minimum Gasteiger partial charge on any atom is -0.489 e. The van der Waals surface area contributed by atoms with Gasteiger partial charge in [-0.25, -0.2) is 0 Å². The number of ether oxygens (including phenoxy) is 1. The van der Waals surface area contributed by atoms with Gasteiger partial charge in [-0.1, -0.05) is 21.1 Å². The maximum Gasteiger partial charge on any atom is 0.142 e. The molecule has 0 unspecified atom stereocenters. The highest BCUT2D eigenvalue weighted by atomic mass is 79.9. The lowest BCUT2D eigenvalue weighted by Gasteiger charge is -2.14. The summed E-state index contributed by atoms with van der Waals surface area (Å²) in [4.78, 5) is 0. The molecular weight excluding hydrogens is 326 g/mol. The van der Waals surface area contributed by atoms with E-state index in [1.165, 1.54) is 6.21 Å². The number of hydrogen-bond donors (Lipinski definition) is 1. The SMILES string of the molecule is CC(C)Oc1c(Br)cc(Br)cc1C=NO. The molecule has 0 aliphatic heterocycles. The van der Waals surface area contributed by atoms with E-state index >= 15 is 0 Å². The second kappa shape index (κ2) is 5.51. The Morgan fingerprint density at radius 3 is 2.60 bits per heavy atom. The van der Waals surface area contributed by atoms with Crippen LogP contribution in [0.1, 0.15) is 19.4 Å². The molecule has 0 aliphatic rings. The van der Waals surface area contributed by atoms with E-state index in [1.54, 1.807) is 0 Å². The van der Waals surface area contributed by atoms with Gasteiger partial charge in [0.25, 0.3) is 0 Å². The Kier molecular flexibility index (Phi) is 4.60.